The van der Waals surface area contributed by atoms with Gasteiger partial charge >= 0.3 is 0 Å². The monoisotopic (exact) mass is 301 g/mol. The van der Waals surface area contributed by atoms with Crippen molar-refractivity contribution in [3.05, 3.63) is 106 Å². The third kappa shape index (κ3) is 3.32. The highest BCUT2D eigenvalue weighted by atomic mass is 16.5. The number of rotatable bonds is 3. The molecule has 0 saturated carbocycles. The molecule has 0 unspecified atom stereocenters. The normalized spacial score (nSPS) is 10.3. The van der Waals surface area contributed by atoms with Crippen molar-refractivity contribution in [3.63, 3.8) is 0 Å². The third-order valence-electron chi connectivity index (χ3n) is 3.84. The van der Waals surface area contributed by atoms with Crippen molar-refractivity contribution in [2.75, 3.05) is 0 Å². The molecule has 3 aromatic rings. The predicted molar refractivity (Wildman–Crippen MR) is 95.3 cm³/mol. The van der Waals surface area contributed by atoms with Gasteiger partial charge in [-0.05, 0) is 38.1 Å². The Morgan fingerprint density at radius 2 is 1.09 bits per heavy atom. The van der Waals surface area contributed by atoms with E-state index in [2.05, 4.69) is 0 Å². The van der Waals surface area contributed by atoms with E-state index in [1.807, 2.05) is 92.7 Å². The molecule has 0 radical (unpaired) electrons. The predicted octanol–water partition coefficient (Wildman–Crippen LogP) is 4.98. The molecular weight excluding hydrogens is 282 g/mol. The van der Waals surface area contributed by atoms with Gasteiger partial charge in [0.15, 0.2) is 0 Å². The van der Waals surface area contributed by atoms with E-state index >= 15 is 0 Å². The van der Waals surface area contributed by atoms with Gasteiger partial charge in [0.25, 0.3) is 0 Å². The van der Waals surface area contributed by atoms with Crippen molar-refractivity contribution in [3.8, 4) is 0 Å². The van der Waals surface area contributed by atoms with Crippen LogP contribution in [0.2, 0.25) is 0 Å². The Morgan fingerprint density at radius 1 is 0.652 bits per heavy atom. The molecule has 0 N–H and O–H groups in total. The Labute approximate surface area is 136 Å². The average Bonchev–Trinajstić information content (AvgIpc) is 2.59. The largest absolute Gasteiger partial charge is 0.618 e. The van der Waals surface area contributed by atoms with Crippen molar-refractivity contribution < 1.29 is 4.74 Å². The van der Waals surface area contributed by atoms with Crippen LogP contribution in [0.3, 0.4) is 0 Å². The zero-order chi connectivity index (χ0) is 16.2. The van der Waals surface area contributed by atoms with Crippen LogP contribution in [0.5, 0.6) is 0 Å². The van der Waals surface area contributed by atoms with Crippen molar-refractivity contribution in [2.45, 2.75) is 13.8 Å². The number of para-hydroxylation sites is 1. The van der Waals surface area contributed by atoms with Crippen LogP contribution in [0.15, 0.2) is 78.9 Å². The first-order valence-electron chi connectivity index (χ1n) is 7.68. The van der Waals surface area contributed by atoms with Gasteiger partial charge in [0, 0.05) is 23.3 Å². The van der Waals surface area contributed by atoms with Crippen LogP contribution in [-0.4, -0.2) is 10.5 Å². The number of aryl methyl sites for hydroxylation is 2. The minimum absolute atomic E-state index is 0.628. The van der Waals surface area contributed by atoms with E-state index in [4.69, 9.17) is 0 Å². The molecule has 3 aromatic carbocycles. The quantitative estimate of drug-likeness (QED) is 0.290. The molecule has 3 rings (SSSR count). The summed E-state index contributed by atoms with van der Waals surface area (Å²) in [5.41, 5.74) is 5.47. The van der Waals surface area contributed by atoms with E-state index in [0.29, 0.717) is 11.4 Å². The van der Waals surface area contributed by atoms with Crippen LogP contribution in [0.4, 0.5) is 5.69 Å². The second-order valence-corrected chi connectivity index (χ2v) is 5.71. The highest BCUT2D eigenvalue weighted by Crippen LogP contribution is 2.18. The fraction of sp³-hybridized carbons (Fsp3) is 0.0952. The maximum Gasteiger partial charge on any atom is 0.231 e. The summed E-state index contributed by atoms with van der Waals surface area (Å²) in [5.74, 6) is 0. The van der Waals surface area contributed by atoms with Crippen molar-refractivity contribution in [1.29, 1.82) is 0 Å². The molecule has 0 aliphatic heterocycles. The van der Waals surface area contributed by atoms with Crippen LogP contribution in [0.1, 0.15) is 22.3 Å². The molecular formula is C21H19NO. The summed E-state index contributed by atoms with van der Waals surface area (Å²) in [6, 6.07) is 25.4. The maximum atomic E-state index is 13.0. The van der Waals surface area contributed by atoms with Crippen LogP contribution in [0, 0.1) is 19.1 Å². The first-order valence-corrected chi connectivity index (χ1v) is 7.68. The zero-order valence-corrected chi connectivity index (χ0v) is 13.4. The molecule has 0 heterocycles. The van der Waals surface area contributed by atoms with Gasteiger partial charge in [-0.15, -0.1) is 0 Å². The number of benzene rings is 3. The molecule has 0 fully saturated rings. The summed E-state index contributed by atoms with van der Waals surface area (Å²) in [6.07, 6.45) is 0. The lowest BCUT2D eigenvalue weighted by Gasteiger charge is -2.11. The fourth-order valence-corrected chi connectivity index (χ4v) is 2.52. The van der Waals surface area contributed by atoms with E-state index < -0.39 is 0 Å². The third-order valence-corrected chi connectivity index (χ3v) is 3.84. The SMILES string of the molecule is Cc1ccc(C(c2ccc(C)cc2)=[N+]([O-])c2ccccc2)cc1. The molecule has 114 valence electrons. The molecule has 0 aromatic heterocycles. The van der Waals surface area contributed by atoms with E-state index in [1.165, 1.54) is 11.1 Å². The van der Waals surface area contributed by atoms with Gasteiger partial charge in [-0.2, -0.15) is 4.74 Å². The fourth-order valence-electron chi connectivity index (χ4n) is 2.52. The molecule has 2 nitrogen and oxygen atoms in total. The number of nitrogens with zero attached hydrogens (tertiary/aromatic N) is 1. The van der Waals surface area contributed by atoms with Gasteiger partial charge in [0.1, 0.15) is 0 Å². The first-order chi connectivity index (χ1) is 11.1. The summed E-state index contributed by atoms with van der Waals surface area (Å²) < 4.78 is 1.01. The second kappa shape index (κ2) is 6.49. The number of hydrogen-bond acceptors (Lipinski definition) is 1. The van der Waals surface area contributed by atoms with Gasteiger partial charge in [0.05, 0.1) is 0 Å². The standard InChI is InChI=1S/C21H19NO/c1-16-8-12-18(13-9-16)21(19-14-10-17(2)11-15-19)22(23)20-6-4-3-5-7-20/h3-15H,1-2H3. The van der Waals surface area contributed by atoms with Gasteiger partial charge in [0.2, 0.25) is 11.4 Å². The van der Waals surface area contributed by atoms with Gasteiger partial charge in [-0.25, -0.2) is 0 Å². The highest BCUT2D eigenvalue weighted by molar-refractivity contribution is 6.10. The van der Waals surface area contributed by atoms with Gasteiger partial charge < -0.3 is 5.21 Å². The van der Waals surface area contributed by atoms with Crippen molar-refractivity contribution >= 4 is 11.4 Å². The summed E-state index contributed by atoms with van der Waals surface area (Å²) in [6.45, 7) is 4.09. The summed E-state index contributed by atoms with van der Waals surface area (Å²) in [7, 11) is 0. The van der Waals surface area contributed by atoms with Crippen LogP contribution in [-0.2, 0) is 0 Å². The molecule has 0 aliphatic rings. The average molecular weight is 301 g/mol. The van der Waals surface area contributed by atoms with Crippen molar-refractivity contribution in [2.24, 2.45) is 0 Å². The summed E-state index contributed by atoms with van der Waals surface area (Å²) >= 11 is 0. The maximum absolute atomic E-state index is 13.0. The molecule has 0 aliphatic carbocycles. The van der Waals surface area contributed by atoms with E-state index in [9.17, 15) is 5.21 Å². The Morgan fingerprint density at radius 3 is 1.52 bits per heavy atom. The second-order valence-electron chi connectivity index (χ2n) is 5.71. The van der Waals surface area contributed by atoms with Crippen LogP contribution < -0.4 is 0 Å². The molecule has 0 saturated heterocycles. The first kappa shape index (κ1) is 15.0. The molecule has 0 spiro atoms. The molecule has 23 heavy (non-hydrogen) atoms. The van der Waals surface area contributed by atoms with E-state index in [1.54, 1.807) is 0 Å². The lowest BCUT2D eigenvalue weighted by molar-refractivity contribution is -0.359. The molecule has 0 atom stereocenters. The topological polar surface area (TPSA) is 26.1 Å². The minimum Gasteiger partial charge on any atom is -0.618 e. The lowest BCUT2D eigenvalue weighted by atomic mass is 10.00. The molecule has 2 heteroatoms. The van der Waals surface area contributed by atoms with Crippen LogP contribution in [0.25, 0.3) is 0 Å². The minimum atomic E-state index is 0.628. The number of hydrogen-bond donors (Lipinski definition) is 0. The van der Waals surface area contributed by atoms with E-state index in [0.717, 1.165) is 15.9 Å². The van der Waals surface area contributed by atoms with Gasteiger partial charge in [-0.3, -0.25) is 0 Å². The zero-order valence-electron chi connectivity index (χ0n) is 13.4. The molecule has 0 amide bonds. The molecule has 0 bridgehead atoms. The Balaban J connectivity index is 2.21. The Hall–Kier alpha value is -2.87. The Kier molecular flexibility index (Phi) is 4.24. The lowest BCUT2D eigenvalue weighted by Crippen LogP contribution is -2.15. The van der Waals surface area contributed by atoms with Crippen LogP contribution >= 0.6 is 0 Å². The summed E-state index contributed by atoms with van der Waals surface area (Å²) in [4.78, 5) is 0. The van der Waals surface area contributed by atoms with Gasteiger partial charge in [-0.1, -0.05) is 53.6 Å². The van der Waals surface area contributed by atoms with E-state index in [-0.39, 0.29) is 0 Å². The summed E-state index contributed by atoms with van der Waals surface area (Å²) in [5, 5.41) is 13.0. The highest BCUT2D eigenvalue weighted by Gasteiger charge is 2.17. The smallest absolute Gasteiger partial charge is 0.231 e. The Bertz CT molecular complexity index is 768. The van der Waals surface area contributed by atoms with Crippen molar-refractivity contribution in [1.82, 2.24) is 0 Å².